The molecule has 1 N–H and O–H groups in total. The van der Waals surface area contributed by atoms with E-state index in [1.165, 1.54) is 23.5 Å². The van der Waals surface area contributed by atoms with Crippen LogP contribution >= 0.6 is 22.9 Å². The van der Waals surface area contributed by atoms with Gasteiger partial charge in [-0.25, -0.2) is 9.37 Å². The third-order valence-electron chi connectivity index (χ3n) is 3.15. The number of nitrogens with zero attached hydrogens (tertiary/aromatic N) is 1. The highest BCUT2D eigenvalue weighted by molar-refractivity contribution is 7.14. The van der Waals surface area contributed by atoms with Crippen LogP contribution in [0.25, 0.3) is 11.3 Å². The number of hydrogen-bond donors (Lipinski definition) is 1. The average molecular weight is 347 g/mol. The topological polar surface area (TPSA) is 42.0 Å². The van der Waals surface area contributed by atoms with Gasteiger partial charge in [0.15, 0.2) is 5.13 Å². The van der Waals surface area contributed by atoms with Gasteiger partial charge in [0.1, 0.15) is 5.82 Å². The van der Waals surface area contributed by atoms with Gasteiger partial charge >= 0.3 is 0 Å². The first-order chi connectivity index (χ1) is 11.1. The molecule has 0 unspecified atom stereocenters. The van der Waals surface area contributed by atoms with Crippen LogP contribution in [-0.4, -0.2) is 10.9 Å². The highest BCUT2D eigenvalue weighted by Crippen LogP contribution is 2.30. The van der Waals surface area contributed by atoms with Crippen molar-refractivity contribution in [2.45, 2.75) is 6.42 Å². The Hall–Kier alpha value is -2.24. The smallest absolute Gasteiger partial charge is 0.230 e. The third-order valence-corrected chi connectivity index (χ3v) is 4.24. The number of amides is 1. The maximum Gasteiger partial charge on any atom is 0.230 e. The lowest BCUT2D eigenvalue weighted by Crippen LogP contribution is -2.14. The van der Waals surface area contributed by atoms with Crippen LogP contribution in [0.1, 0.15) is 5.56 Å². The summed E-state index contributed by atoms with van der Waals surface area (Å²) in [5.74, 6) is -0.596. The number of anilines is 1. The van der Waals surface area contributed by atoms with Crippen LogP contribution in [0.4, 0.5) is 9.52 Å². The maximum absolute atomic E-state index is 13.1. The Morgan fingerprint density at radius 3 is 2.83 bits per heavy atom. The zero-order valence-corrected chi connectivity index (χ0v) is 13.5. The van der Waals surface area contributed by atoms with Gasteiger partial charge < -0.3 is 5.32 Å². The van der Waals surface area contributed by atoms with Crippen molar-refractivity contribution < 1.29 is 9.18 Å². The van der Waals surface area contributed by atoms with Gasteiger partial charge in [0, 0.05) is 16.0 Å². The molecule has 0 bridgehead atoms. The standard InChI is InChI=1S/C17H12ClFN2OS/c18-14-7-2-1-6-13(14)15-10-23-17(20-15)21-16(22)9-11-4-3-5-12(19)8-11/h1-8,10H,9H2,(H,20,21,22). The molecule has 0 aliphatic heterocycles. The summed E-state index contributed by atoms with van der Waals surface area (Å²) in [4.78, 5) is 16.4. The minimum Gasteiger partial charge on any atom is -0.302 e. The van der Waals surface area contributed by atoms with Gasteiger partial charge in [0.2, 0.25) is 5.91 Å². The molecule has 0 radical (unpaired) electrons. The van der Waals surface area contributed by atoms with Crippen LogP contribution in [0.2, 0.25) is 5.02 Å². The molecule has 0 saturated heterocycles. The Labute approximate surface area is 141 Å². The summed E-state index contributed by atoms with van der Waals surface area (Å²) in [5, 5.41) is 5.65. The van der Waals surface area contributed by atoms with Crippen LogP contribution in [-0.2, 0) is 11.2 Å². The fourth-order valence-corrected chi connectivity index (χ4v) is 3.08. The van der Waals surface area contributed by atoms with E-state index in [1.807, 2.05) is 23.6 Å². The molecule has 0 saturated carbocycles. The van der Waals surface area contributed by atoms with Crippen LogP contribution in [0.5, 0.6) is 0 Å². The number of thiazole rings is 1. The minimum atomic E-state index is -0.356. The first-order valence-electron chi connectivity index (χ1n) is 6.86. The Morgan fingerprint density at radius 1 is 1.22 bits per heavy atom. The molecule has 0 spiro atoms. The molecule has 1 heterocycles. The number of halogens is 2. The van der Waals surface area contributed by atoms with Crippen molar-refractivity contribution in [3.8, 4) is 11.3 Å². The van der Waals surface area contributed by atoms with Gasteiger partial charge in [-0.3, -0.25) is 4.79 Å². The van der Waals surface area contributed by atoms with E-state index in [4.69, 9.17) is 11.6 Å². The largest absolute Gasteiger partial charge is 0.302 e. The SMILES string of the molecule is O=C(Cc1cccc(F)c1)Nc1nc(-c2ccccc2Cl)cs1. The number of aromatic nitrogens is 1. The molecule has 2 aromatic carbocycles. The molecule has 1 aromatic heterocycles. The second-order valence-electron chi connectivity index (χ2n) is 4.87. The predicted molar refractivity (Wildman–Crippen MR) is 91.3 cm³/mol. The molecule has 23 heavy (non-hydrogen) atoms. The normalized spacial score (nSPS) is 10.5. The van der Waals surface area contributed by atoms with Crippen molar-refractivity contribution in [3.05, 3.63) is 70.3 Å². The lowest BCUT2D eigenvalue weighted by molar-refractivity contribution is -0.115. The second-order valence-corrected chi connectivity index (χ2v) is 6.14. The third kappa shape index (κ3) is 3.94. The molecule has 3 nitrogen and oxygen atoms in total. The Morgan fingerprint density at radius 2 is 2.04 bits per heavy atom. The van der Waals surface area contributed by atoms with E-state index in [-0.39, 0.29) is 18.1 Å². The molecular weight excluding hydrogens is 335 g/mol. The number of rotatable bonds is 4. The van der Waals surface area contributed by atoms with E-state index in [1.54, 1.807) is 18.2 Å². The van der Waals surface area contributed by atoms with Gasteiger partial charge in [-0.05, 0) is 23.8 Å². The molecule has 0 fully saturated rings. The van der Waals surface area contributed by atoms with Crippen LogP contribution in [0.3, 0.4) is 0 Å². The van der Waals surface area contributed by atoms with E-state index in [9.17, 15) is 9.18 Å². The molecule has 1 amide bonds. The molecule has 0 aliphatic carbocycles. The van der Waals surface area contributed by atoms with E-state index in [0.29, 0.717) is 21.4 Å². The molecule has 116 valence electrons. The fraction of sp³-hybridized carbons (Fsp3) is 0.0588. The zero-order valence-electron chi connectivity index (χ0n) is 11.9. The number of carbonyl (C=O) groups excluding carboxylic acids is 1. The Bertz CT molecular complexity index is 850. The lowest BCUT2D eigenvalue weighted by Gasteiger charge is -2.02. The lowest BCUT2D eigenvalue weighted by atomic mass is 10.1. The first-order valence-corrected chi connectivity index (χ1v) is 8.12. The van der Waals surface area contributed by atoms with Crippen LogP contribution in [0, 0.1) is 5.82 Å². The summed E-state index contributed by atoms with van der Waals surface area (Å²) in [6.07, 6.45) is 0.0960. The summed E-state index contributed by atoms with van der Waals surface area (Å²) >= 11 is 7.46. The molecular formula is C17H12ClFN2OS. The highest BCUT2D eigenvalue weighted by atomic mass is 35.5. The van der Waals surface area contributed by atoms with Gasteiger partial charge in [-0.1, -0.05) is 41.9 Å². The van der Waals surface area contributed by atoms with Crippen molar-refractivity contribution in [1.29, 1.82) is 0 Å². The number of nitrogens with one attached hydrogen (secondary N) is 1. The van der Waals surface area contributed by atoms with E-state index in [2.05, 4.69) is 10.3 Å². The quantitative estimate of drug-likeness (QED) is 0.738. The van der Waals surface area contributed by atoms with Crippen LogP contribution in [0.15, 0.2) is 53.9 Å². The number of benzene rings is 2. The molecule has 6 heteroatoms. The van der Waals surface area contributed by atoms with Crippen molar-refractivity contribution in [2.24, 2.45) is 0 Å². The van der Waals surface area contributed by atoms with E-state index in [0.717, 1.165) is 5.56 Å². The monoisotopic (exact) mass is 346 g/mol. The van der Waals surface area contributed by atoms with E-state index >= 15 is 0 Å². The Kier molecular flexibility index (Phi) is 4.69. The van der Waals surface area contributed by atoms with E-state index < -0.39 is 0 Å². The number of hydrogen-bond acceptors (Lipinski definition) is 3. The highest BCUT2D eigenvalue weighted by Gasteiger charge is 2.10. The van der Waals surface area contributed by atoms with Crippen molar-refractivity contribution in [2.75, 3.05) is 5.32 Å². The second kappa shape index (κ2) is 6.89. The molecule has 0 aliphatic rings. The predicted octanol–water partition coefficient (Wildman–Crippen LogP) is 4.78. The van der Waals surface area contributed by atoms with Crippen molar-refractivity contribution >= 4 is 34.0 Å². The maximum atomic E-state index is 13.1. The van der Waals surface area contributed by atoms with Crippen molar-refractivity contribution in [1.82, 2.24) is 4.98 Å². The zero-order chi connectivity index (χ0) is 16.2. The summed E-state index contributed by atoms with van der Waals surface area (Å²) in [5.41, 5.74) is 2.14. The molecule has 3 aromatic rings. The summed E-state index contributed by atoms with van der Waals surface area (Å²) in [7, 11) is 0. The first kappa shape index (κ1) is 15.6. The van der Waals surface area contributed by atoms with Crippen molar-refractivity contribution in [3.63, 3.8) is 0 Å². The van der Waals surface area contributed by atoms with Gasteiger partial charge in [0.25, 0.3) is 0 Å². The molecule has 3 rings (SSSR count). The fourth-order valence-electron chi connectivity index (χ4n) is 2.12. The van der Waals surface area contributed by atoms with Gasteiger partial charge in [-0.15, -0.1) is 11.3 Å². The summed E-state index contributed by atoms with van der Waals surface area (Å²) in [6, 6.07) is 13.4. The number of carbonyl (C=O) groups is 1. The average Bonchev–Trinajstić information content (AvgIpc) is 2.95. The van der Waals surface area contributed by atoms with Gasteiger partial charge in [0.05, 0.1) is 12.1 Å². The summed E-state index contributed by atoms with van der Waals surface area (Å²) < 4.78 is 13.1. The summed E-state index contributed by atoms with van der Waals surface area (Å²) in [6.45, 7) is 0. The Balaban J connectivity index is 1.69. The minimum absolute atomic E-state index is 0.0960. The molecule has 0 atom stereocenters. The van der Waals surface area contributed by atoms with Gasteiger partial charge in [-0.2, -0.15) is 0 Å². The van der Waals surface area contributed by atoms with Crippen LogP contribution < -0.4 is 5.32 Å².